The van der Waals surface area contributed by atoms with E-state index in [1.165, 1.54) is 6.39 Å². The smallest absolute Gasteiger partial charge is 0.213 e. The van der Waals surface area contributed by atoms with Crippen molar-refractivity contribution >= 4 is 11.6 Å². The van der Waals surface area contributed by atoms with Gasteiger partial charge in [0.2, 0.25) is 6.39 Å². The SMILES string of the molecule is Clc1ccccc1Cc1ncon1. The number of hydrogen-bond acceptors (Lipinski definition) is 3. The first-order valence-electron chi connectivity index (χ1n) is 3.85. The molecule has 0 aliphatic rings. The first-order chi connectivity index (χ1) is 6.36. The summed E-state index contributed by atoms with van der Waals surface area (Å²) in [7, 11) is 0. The minimum absolute atomic E-state index is 0.607. The van der Waals surface area contributed by atoms with E-state index in [-0.39, 0.29) is 0 Å². The molecular weight excluding hydrogens is 188 g/mol. The number of rotatable bonds is 2. The summed E-state index contributed by atoms with van der Waals surface area (Å²) in [6.45, 7) is 0. The van der Waals surface area contributed by atoms with Crippen molar-refractivity contribution in [3.05, 3.63) is 47.1 Å². The molecule has 0 atom stereocenters. The Morgan fingerprint density at radius 1 is 1.31 bits per heavy atom. The third-order valence-electron chi connectivity index (χ3n) is 1.71. The van der Waals surface area contributed by atoms with Crippen LogP contribution in [0.2, 0.25) is 5.02 Å². The zero-order valence-corrected chi connectivity index (χ0v) is 7.53. The minimum Gasteiger partial charge on any atom is -0.343 e. The number of nitrogens with zero attached hydrogens (tertiary/aromatic N) is 2. The fourth-order valence-corrected chi connectivity index (χ4v) is 1.28. The van der Waals surface area contributed by atoms with Crippen LogP contribution in [0.15, 0.2) is 35.2 Å². The summed E-state index contributed by atoms with van der Waals surface area (Å²) in [5.41, 5.74) is 1.01. The maximum atomic E-state index is 5.95. The largest absolute Gasteiger partial charge is 0.343 e. The Morgan fingerprint density at radius 3 is 2.85 bits per heavy atom. The molecule has 3 nitrogen and oxygen atoms in total. The minimum atomic E-state index is 0.607. The summed E-state index contributed by atoms with van der Waals surface area (Å²) in [6.07, 6.45) is 1.92. The molecule has 0 aliphatic carbocycles. The predicted molar refractivity (Wildman–Crippen MR) is 48.6 cm³/mol. The lowest BCUT2D eigenvalue weighted by molar-refractivity contribution is 0.411. The molecule has 4 heteroatoms. The maximum Gasteiger partial charge on any atom is 0.213 e. The van der Waals surface area contributed by atoms with Crippen molar-refractivity contribution in [1.29, 1.82) is 0 Å². The van der Waals surface area contributed by atoms with Gasteiger partial charge in [0.1, 0.15) is 0 Å². The second-order valence-electron chi connectivity index (χ2n) is 2.62. The van der Waals surface area contributed by atoms with E-state index in [1.54, 1.807) is 0 Å². The van der Waals surface area contributed by atoms with Gasteiger partial charge in [-0.1, -0.05) is 35.0 Å². The van der Waals surface area contributed by atoms with Gasteiger partial charge in [-0.05, 0) is 11.6 Å². The average Bonchev–Trinajstić information content (AvgIpc) is 2.61. The van der Waals surface area contributed by atoms with Gasteiger partial charge in [0.25, 0.3) is 0 Å². The van der Waals surface area contributed by atoms with Crippen molar-refractivity contribution in [3.63, 3.8) is 0 Å². The van der Waals surface area contributed by atoms with Gasteiger partial charge < -0.3 is 4.52 Å². The molecule has 2 aromatic rings. The molecule has 0 saturated carbocycles. The van der Waals surface area contributed by atoms with Crippen molar-refractivity contribution < 1.29 is 4.52 Å². The molecule has 2 rings (SSSR count). The first-order valence-corrected chi connectivity index (χ1v) is 4.23. The Bertz CT molecular complexity index is 386. The van der Waals surface area contributed by atoms with Crippen molar-refractivity contribution in [1.82, 2.24) is 10.1 Å². The van der Waals surface area contributed by atoms with Gasteiger partial charge in [0, 0.05) is 11.4 Å². The molecule has 0 spiro atoms. The molecule has 1 aromatic heterocycles. The van der Waals surface area contributed by atoms with Crippen LogP contribution in [-0.2, 0) is 6.42 Å². The van der Waals surface area contributed by atoms with Crippen LogP contribution in [0.25, 0.3) is 0 Å². The zero-order valence-electron chi connectivity index (χ0n) is 6.77. The second kappa shape index (κ2) is 3.58. The predicted octanol–water partition coefficient (Wildman–Crippen LogP) is 2.31. The van der Waals surface area contributed by atoms with Gasteiger partial charge in [-0.2, -0.15) is 4.98 Å². The molecule has 1 heterocycles. The van der Waals surface area contributed by atoms with Crippen LogP contribution in [0.5, 0.6) is 0 Å². The second-order valence-corrected chi connectivity index (χ2v) is 3.02. The third-order valence-corrected chi connectivity index (χ3v) is 2.08. The highest BCUT2D eigenvalue weighted by atomic mass is 35.5. The Morgan fingerprint density at radius 2 is 2.15 bits per heavy atom. The molecule has 1 aromatic carbocycles. The Kier molecular flexibility index (Phi) is 2.27. The summed E-state index contributed by atoms with van der Waals surface area (Å²) in [4.78, 5) is 3.92. The highest BCUT2D eigenvalue weighted by Gasteiger charge is 2.03. The van der Waals surface area contributed by atoms with Gasteiger partial charge in [-0.15, -0.1) is 0 Å². The van der Waals surface area contributed by atoms with Gasteiger partial charge in [0.15, 0.2) is 5.82 Å². The highest BCUT2D eigenvalue weighted by molar-refractivity contribution is 6.31. The lowest BCUT2D eigenvalue weighted by Gasteiger charge is -1.98. The topological polar surface area (TPSA) is 38.9 Å². The molecule has 0 radical (unpaired) electrons. The van der Waals surface area contributed by atoms with E-state index >= 15 is 0 Å². The molecule has 66 valence electrons. The fraction of sp³-hybridized carbons (Fsp3) is 0.111. The van der Waals surface area contributed by atoms with Crippen molar-refractivity contribution in [2.45, 2.75) is 6.42 Å². The first kappa shape index (κ1) is 8.26. The highest BCUT2D eigenvalue weighted by Crippen LogP contribution is 2.16. The van der Waals surface area contributed by atoms with Gasteiger partial charge in [-0.25, -0.2) is 0 Å². The molecule has 0 amide bonds. The van der Waals surface area contributed by atoms with Crippen LogP contribution in [0.3, 0.4) is 0 Å². The van der Waals surface area contributed by atoms with Crippen molar-refractivity contribution in [2.75, 3.05) is 0 Å². The van der Waals surface area contributed by atoms with Crippen molar-refractivity contribution in [3.8, 4) is 0 Å². The van der Waals surface area contributed by atoms with E-state index < -0.39 is 0 Å². The Balaban J connectivity index is 2.24. The van der Waals surface area contributed by atoms with E-state index in [0.717, 1.165) is 10.6 Å². The van der Waals surface area contributed by atoms with Crippen molar-refractivity contribution in [2.24, 2.45) is 0 Å². The summed E-state index contributed by atoms with van der Waals surface area (Å²) >= 11 is 5.95. The van der Waals surface area contributed by atoms with E-state index in [4.69, 9.17) is 11.6 Å². The van der Waals surface area contributed by atoms with E-state index in [2.05, 4.69) is 14.7 Å². The van der Waals surface area contributed by atoms with Gasteiger partial charge >= 0.3 is 0 Å². The van der Waals surface area contributed by atoms with Gasteiger partial charge in [0.05, 0.1) is 0 Å². The van der Waals surface area contributed by atoms with Crippen LogP contribution in [0, 0.1) is 0 Å². The number of hydrogen-bond donors (Lipinski definition) is 0. The standard InChI is InChI=1S/C9H7ClN2O/c10-8-4-2-1-3-7(8)5-9-11-6-13-12-9/h1-4,6H,5H2. The Labute approximate surface area is 80.3 Å². The molecule has 13 heavy (non-hydrogen) atoms. The zero-order chi connectivity index (χ0) is 9.10. The quantitative estimate of drug-likeness (QED) is 0.737. The summed E-state index contributed by atoms with van der Waals surface area (Å²) < 4.78 is 4.62. The van der Waals surface area contributed by atoms with E-state index in [9.17, 15) is 0 Å². The fourth-order valence-electron chi connectivity index (χ4n) is 1.08. The van der Waals surface area contributed by atoms with E-state index in [1.807, 2.05) is 24.3 Å². The van der Waals surface area contributed by atoms with Crippen LogP contribution >= 0.6 is 11.6 Å². The third kappa shape index (κ3) is 1.87. The summed E-state index contributed by atoms with van der Waals surface area (Å²) in [5.74, 6) is 0.646. The summed E-state index contributed by atoms with van der Waals surface area (Å²) in [5, 5.41) is 4.44. The molecule has 0 fully saturated rings. The molecular formula is C9H7ClN2O. The number of halogens is 1. The van der Waals surface area contributed by atoms with Crippen LogP contribution in [-0.4, -0.2) is 10.1 Å². The lowest BCUT2D eigenvalue weighted by atomic mass is 10.1. The monoisotopic (exact) mass is 194 g/mol. The number of benzene rings is 1. The Hall–Kier alpha value is -1.35. The molecule has 0 saturated heterocycles. The summed E-state index contributed by atoms with van der Waals surface area (Å²) in [6, 6.07) is 7.61. The van der Waals surface area contributed by atoms with Gasteiger partial charge in [-0.3, -0.25) is 0 Å². The molecule has 0 bridgehead atoms. The van der Waals surface area contributed by atoms with Crippen LogP contribution < -0.4 is 0 Å². The lowest BCUT2D eigenvalue weighted by Crippen LogP contribution is -1.90. The average molecular weight is 195 g/mol. The van der Waals surface area contributed by atoms with E-state index in [0.29, 0.717) is 12.2 Å². The maximum absolute atomic E-state index is 5.95. The number of aromatic nitrogens is 2. The molecule has 0 aliphatic heterocycles. The molecule has 0 N–H and O–H groups in total. The van der Waals surface area contributed by atoms with Crippen LogP contribution in [0.1, 0.15) is 11.4 Å². The molecule has 0 unspecified atom stereocenters. The van der Waals surface area contributed by atoms with Crippen LogP contribution in [0.4, 0.5) is 0 Å². The normalized spacial score (nSPS) is 10.2.